The number of benzene rings is 1. The van der Waals surface area contributed by atoms with Gasteiger partial charge in [-0.1, -0.05) is 38.3 Å². The molecule has 1 saturated carbocycles. The molecule has 21 heavy (non-hydrogen) atoms. The molecule has 1 N–H and O–H groups in total. The van der Waals surface area contributed by atoms with Crippen molar-refractivity contribution in [3.05, 3.63) is 24.3 Å². The number of rotatable bonds is 8. The van der Waals surface area contributed by atoms with Crippen LogP contribution in [0.25, 0.3) is 0 Å². The molecule has 1 aliphatic carbocycles. The molecule has 0 aliphatic heterocycles. The van der Waals surface area contributed by atoms with Gasteiger partial charge in [-0.25, -0.2) is 0 Å². The molecule has 3 heteroatoms. The van der Waals surface area contributed by atoms with E-state index in [0.29, 0.717) is 18.6 Å². The van der Waals surface area contributed by atoms with Crippen LogP contribution in [0.3, 0.4) is 0 Å². The summed E-state index contributed by atoms with van der Waals surface area (Å²) in [6.45, 7) is 7.73. The molecule has 3 nitrogen and oxygen atoms in total. The monoisotopic (exact) mass is 291 g/mol. The minimum Gasteiger partial charge on any atom is -0.490 e. The zero-order valence-electron chi connectivity index (χ0n) is 13.5. The van der Waals surface area contributed by atoms with Crippen molar-refractivity contribution in [2.45, 2.75) is 46.0 Å². The number of hydrogen-bond donors (Lipinski definition) is 1. The van der Waals surface area contributed by atoms with Crippen molar-refractivity contribution in [1.29, 1.82) is 0 Å². The van der Waals surface area contributed by atoms with Gasteiger partial charge in [0.1, 0.15) is 6.61 Å². The number of nitrogens with one attached hydrogen (secondary N) is 1. The zero-order valence-corrected chi connectivity index (χ0v) is 13.5. The summed E-state index contributed by atoms with van der Waals surface area (Å²) in [6, 6.07) is 7.87. The molecule has 2 rings (SSSR count). The summed E-state index contributed by atoms with van der Waals surface area (Å²) >= 11 is 0. The van der Waals surface area contributed by atoms with Gasteiger partial charge >= 0.3 is 0 Å². The molecular weight excluding hydrogens is 262 g/mol. The average Bonchev–Trinajstić information content (AvgIpc) is 2.49. The first-order chi connectivity index (χ1) is 10.2. The van der Waals surface area contributed by atoms with Crippen LogP contribution in [0.5, 0.6) is 11.5 Å². The average molecular weight is 291 g/mol. The van der Waals surface area contributed by atoms with Crippen LogP contribution in [0.2, 0.25) is 0 Å². The predicted molar refractivity (Wildman–Crippen MR) is 87.2 cm³/mol. The van der Waals surface area contributed by atoms with Crippen LogP contribution in [0, 0.1) is 5.41 Å². The van der Waals surface area contributed by atoms with Crippen molar-refractivity contribution >= 4 is 0 Å². The van der Waals surface area contributed by atoms with E-state index in [0.717, 1.165) is 24.6 Å². The van der Waals surface area contributed by atoms with E-state index in [4.69, 9.17) is 9.47 Å². The van der Waals surface area contributed by atoms with Crippen LogP contribution in [-0.4, -0.2) is 26.3 Å². The van der Waals surface area contributed by atoms with E-state index in [1.54, 1.807) is 0 Å². The molecule has 1 aromatic rings. The molecule has 0 saturated heterocycles. The summed E-state index contributed by atoms with van der Waals surface area (Å²) in [6.07, 6.45) is 6.89. The van der Waals surface area contributed by atoms with Crippen molar-refractivity contribution < 1.29 is 9.47 Å². The lowest BCUT2D eigenvalue weighted by molar-refractivity contribution is 0.201. The van der Waals surface area contributed by atoms with Crippen LogP contribution in [0.15, 0.2) is 24.3 Å². The van der Waals surface area contributed by atoms with Crippen molar-refractivity contribution in [3.63, 3.8) is 0 Å². The summed E-state index contributed by atoms with van der Waals surface area (Å²) in [4.78, 5) is 0. The maximum absolute atomic E-state index is 5.82. The van der Waals surface area contributed by atoms with E-state index in [1.165, 1.54) is 32.1 Å². The Kier molecular flexibility index (Phi) is 6.37. The molecule has 0 unspecified atom stereocenters. The Morgan fingerprint density at radius 1 is 1.05 bits per heavy atom. The highest BCUT2D eigenvalue weighted by Gasteiger charge is 2.25. The third-order valence-corrected chi connectivity index (χ3v) is 4.30. The topological polar surface area (TPSA) is 30.5 Å². The molecule has 0 amide bonds. The van der Waals surface area contributed by atoms with Gasteiger partial charge in [0.2, 0.25) is 0 Å². The predicted octanol–water partition coefficient (Wildman–Crippen LogP) is 4.02. The van der Waals surface area contributed by atoms with Crippen molar-refractivity contribution in [2.75, 3.05) is 26.3 Å². The minimum atomic E-state index is 0.488. The first-order valence-electron chi connectivity index (χ1n) is 8.29. The first-order valence-corrected chi connectivity index (χ1v) is 8.29. The van der Waals surface area contributed by atoms with Crippen LogP contribution < -0.4 is 14.8 Å². The highest BCUT2D eigenvalue weighted by Crippen LogP contribution is 2.34. The van der Waals surface area contributed by atoms with Gasteiger partial charge in [0, 0.05) is 13.1 Å². The van der Waals surface area contributed by atoms with Gasteiger partial charge in [0.25, 0.3) is 0 Å². The first kappa shape index (κ1) is 16.2. The Morgan fingerprint density at radius 3 is 2.38 bits per heavy atom. The molecule has 0 radical (unpaired) electrons. The smallest absolute Gasteiger partial charge is 0.161 e. The minimum absolute atomic E-state index is 0.488. The SMILES string of the molecule is CCOc1ccccc1OCCNCC1(C)CCCCC1. The van der Waals surface area contributed by atoms with Crippen LogP contribution in [0.1, 0.15) is 46.0 Å². The summed E-state index contributed by atoms with van der Waals surface area (Å²) in [5.74, 6) is 1.67. The van der Waals surface area contributed by atoms with E-state index < -0.39 is 0 Å². The fraction of sp³-hybridized carbons (Fsp3) is 0.667. The van der Waals surface area contributed by atoms with Gasteiger partial charge in [0.05, 0.1) is 6.61 Å². The van der Waals surface area contributed by atoms with Crippen molar-refractivity contribution in [3.8, 4) is 11.5 Å². The highest BCUT2D eigenvalue weighted by molar-refractivity contribution is 5.39. The second kappa shape index (κ2) is 8.28. The Morgan fingerprint density at radius 2 is 1.71 bits per heavy atom. The summed E-state index contributed by atoms with van der Waals surface area (Å²) in [5, 5.41) is 3.55. The highest BCUT2D eigenvalue weighted by atomic mass is 16.5. The van der Waals surface area contributed by atoms with E-state index in [1.807, 2.05) is 31.2 Å². The lowest BCUT2D eigenvalue weighted by Gasteiger charge is -2.33. The molecule has 0 spiro atoms. The molecule has 0 aromatic heterocycles. The van der Waals surface area contributed by atoms with E-state index >= 15 is 0 Å². The third-order valence-electron chi connectivity index (χ3n) is 4.30. The maximum atomic E-state index is 5.82. The summed E-state index contributed by atoms with van der Waals surface area (Å²) < 4.78 is 11.4. The van der Waals surface area contributed by atoms with Gasteiger partial charge in [-0.15, -0.1) is 0 Å². The maximum Gasteiger partial charge on any atom is 0.161 e. The Bertz CT molecular complexity index is 413. The van der Waals surface area contributed by atoms with Gasteiger partial charge in [-0.2, -0.15) is 0 Å². The largest absolute Gasteiger partial charge is 0.490 e. The summed E-state index contributed by atoms with van der Waals surface area (Å²) in [5.41, 5.74) is 0.488. The molecule has 118 valence electrons. The van der Waals surface area contributed by atoms with Crippen LogP contribution in [0.4, 0.5) is 0 Å². The van der Waals surface area contributed by atoms with Crippen LogP contribution in [-0.2, 0) is 0 Å². The fourth-order valence-corrected chi connectivity index (χ4v) is 3.05. The molecule has 1 fully saturated rings. The normalized spacial score (nSPS) is 17.4. The molecular formula is C18H29NO2. The van der Waals surface area contributed by atoms with Crippen molar-refractivity contribution in [2.24, 2.45) is 5.41 Å². The Balaban J connectivity index is 1.67. The molecule has 0 bridgehead atoms. The number of hydrogen-bond acceptors (Lipinski definition) is 3. The number of ether oxygens (including phenoxy) is 2. The Labute approximate surface area is 129 Å². The second-order valence-corrected chi connectivity index (χ2v) is 6.28. The Hall–Kier alpha value is -1.22. The third kappa shape index (κ3) is 5.24. The quantitative estimate of drug-likeness (QED) is 0.734. The lowest BCUT2D eigenvalue weighted by atomic mass is 9.76. The van der Waals surface area contributed by atoms with E-state index in [-0.39, 0.29) is 0 Å². The number of para-hydroxylation sites is 2. The molecule has 0 heterocycles. The summed E-state index contributed by atoms with van der Waals surface area (Å²) in [7, 11) is 0. The standard InChI is InChI=1S/C18H29NO2/c1-3-20-16-9-5-6-10-17(16)21-14-13-19-15-18(2)11-7-4-8-12-18/h5-6,9-10,19H,3-4,7-8,11-15H2,1-2H3. The zero-order chi connectivity index (χ0) is 15.0. The molecule has 1 aromatic carbocycles. The van der Waals surface area contributed by atoms with Crippen molar-refractivity contribution in [1.82, 2.24) is 5.32 Å². The second-order valence-electron chi connectivity index (χ2n) is 6.28. The van der Waals surface area contributed by atoms with E-state index in [9.17, 15) is 0 Å². The van der Waals surface area contributed by atoms with Gasteiger partial charge in [-0.3, -0.25) is 0 Å². The van der Waals surface area contributed by atoms with Gasteiger partial charge < -0.3 is 14.8 Å². The van der Waals surface area contributed by atoms with Gasteiger partial charge in [-0.05, 0) is 37.3 Å². The fourth-order valence-electron chi connectivity index (χ4n) is 3.05. The molecule has 0 atom stereocenters. The van der Waals surface area contributed by atoms with Gasteiger partial charge in [0.15, 0.2) is 11.5 Å². The molecule has 1 aliphatic rings. The van der Waals surface area contributed by atoms with E-state index in [2.05, 4.69) is 12.2 Å². The van der Waals surface area contributed by atoms with Crippen LogP contribution >= 0.6 is 0 Å². The lowest BCUT2D eigenvalue weighted by Crippen LogP contribution is -2.35.